The third kappa shape index (κ3) is 2.10. The quantitative estimate of drug-likeness (QED) is 0.774. The first-order chi connectivity index (χ1) is 8.09. The normalized spacial score (nSPS) is 19.0. The minimum absolute atomic E-state index is 0.414. The summed E-state index contributed by atoms with van der Waals surface area (Å²) in [5.41, 5.74) is 0.506. The summed E-state index contributed by atoms with van der Waals surface area (Å²) in [7, 11) is 0. The van der Waals surface area contributed by atoms with Crippen LogP contribution in [0.15, 0.2) is 36.7 Å². The number of halogens is 1. The Morgan fingerprint density at radius 2 is 2.00 bits per heavy atom. The average Bonchev–Trinajstić information content (AvgIpc) is 2.30. The SMILES string of the molecule is O=C(O)N1C=CNC(c2ccc(F)cc2)C1=O. The van der Waals surface area contributed by atoms with Crippen LogP contribution in [-0.2, 0) is 4.79 Å². The third-order valence-corrected chi connectivity index (χ3v) is 2.38. The van der Waals surface area contributed by atoms with Gasteiger partial charge in [-0.2, -0.15) is 0 Å². The summed E-state index contributed by atoms with van der Waals surface area (Å²) >= 11 is 0. The molecule has 0 spiro atoms. The summed E-state index contributed by atoms with van der Waals surface area (Å²) in [6, 6.07) is 4.49. The molecular weight excluding hydrogens is 227 g/mol. The second kappa shape index (κ2) is 4.25. The van der Waals surface area contributed by atoms with Gasteiger partial charge in [-0.3, -0.25) is 4.79 Å². The standard InChI is InChI=1S/C11H9FN2O3/c12-8-3-1-7(2-4-8)9-10(15)14(11(16)17)6-5-13-9/h1-6,9,13H,(H,16,17). The summed E-state index contributed by atoms with van der Waals surface area (Å²) < 4.78 is 12.7. The van der Waals surface area contributed by atoms with E-state index in [1.165, 1.54) is 30.5 Å². The minimum atomic E-state index is -1.35. The molecule has 0 aliphatic carbocycles. The molecule has 1 aliphatic heterocycles. The Morgan fingerprint density at radius 3 is 2.59 bits per heavy atom. The van der Waals surface area contributed by atoms with Gasteiger partial charge in [0.05, 0.1) is 0 Å². The Hall–Kier alpha value is -2.37. The molecule has 2 N–H and O–H groups in total. The molecule has 0 radical (unpaired) electrons. The Labute approximate surface area is 96.2 Å². The Bertz CT molecular complexity index is 484. The Kier molecular flexibility index (Phi) is 2.78. The fourth-order valence-corrected chi connectivity index (χ4v) is 1.55. The van der Waals surface area contributed by atoms with Gasteiger partial charge < -0.3 is 10.4 Å². The van der Waals surface area contributed by atoms with Crippen molar-refractivity contribution in [2.75, 3.05) is 0 Å². The number of benzene rings is 1. The first-order valence-corrected chi connectivity index (χ1v) is 4.84. The molecule has 1 heterocycles. The van der Waals surface area contributed by atoms with Crippen molar-refractivity contribution in [1.82, 2.24) is 10.2 Å². The summed E-state index contributed by atoms with van der Waals surface area (Å²) in [6.07, 6.45) is 1.15. The fraction of sp³-hybridized carbons (Fsp3) is 0.0909. The van der Waals surface area contributed by atoms with Crippen LogP contribution in [0.25, 0.3) is 0 Å². The molecule has 0 aromatic heterocycles. The van der Waals surface area contributed by atoms with Crippen molar-refractivity contribution in [2.24, 2.45) is 0 Å². The molecule has 0 fully saturated rings. The highest BCUT2D eigenvalue weighted by Crippen LogP contribution is 2.19. The summed E-state index contributed by atoms with van der Waals surface area (Å²) in [5, 5.41) is 11.5. The van der Waals surface area contributed by atoms with E-state index in [1.807, 2.05) is 0 Å². The Morgan fingerprint density at radius 1 is 1.35 bits per heavy atom. The number of hydrogen-bond donors (Lipinski definition) is 2. The van der Waals surface area contributed by atoms with Gasteiger partial charge in [-0.05, 0) is 17.7 Å². The molecule has 0 bridgehead atoms. The van der Waals surface area contributed by atoms with Crippen LogP contribution >= 0.6 is 0 Å². The number of hydrogen-bond acceptors (Lipinski definition) is 3. The lowest BCUT2D eigenvalue weighted by Crippen LogP contribution is -2.42. The smallest absolute Gasteiger partial charge is 0.418 e. The van der Waals surface area contributed by atoms with E-state index >= 15 is 0 Å². The number of carbonyl (C=O) groups excluding carboxylic acids is 1. The molecule has 2 amide bonds. The van der Waals surface area contributed by atoms with Gasteiger partial charge in [0.2, 0.25) is 0 Å². The molecule has 1 unspecified atom stereocenters. The lowest BCUT2D eigenvalue weighted by atomic mass is 10.1. The maximum atomic E-state index is 12.7. The van der Waals surface area contributed by atoms with Gasteiger partial charge in [0.1, 0.15) is 11.9 Å². The molecular formula is C11H9FN2O3. The lowest BCUT2D eigenvalue weighted by molar-refractivity contribution is -0.129. The van der Waals surface area contributed by atoms with Crippen LogP contribution in [0.1, 0.15) is 11.6 Å². The molecule has 1 aromatic carbocycles. The zero-order chi connectivity index (χ0) is 12.4. The number of imide groups is 1. The van der Waals surface area contributed by atoms with Gasteiger partial charge in [-0.1, -0.05) is 12.1 Å². The van der Waals surface area contributed by atoms with Crippen LogP contribution in [0.3, 0.4) is 0 Å². The number of carbonyl (C=O) groups is 2. The summed E-state index contributed by atoms with van der Waals surface area (Å²) in [6.45, 7) is 0. The van der Waals surface area contributed by atoms with Crippen molar-refractivity contribution < 1.29 is 19.1 Å². The van der Waals surface area contributed by atoms with Crippen LogP contribution in [-0.4, -0.2) is 22.0 Å². The maximum absolute atomic E-state index is 12.7. The molecule has 88 valence electrons. The van der Waals surface area contributed by atoms with Crippen LogP contribution in [0.5, 0.6) is 0 Å². The van der Waals surface area contributed by atoms with Crippen molar-refractivity contribution in [3.05, 3.63) is 48.0 Å². The molecule has 1 atom stereocenters. The topological polar surface area (TPSA) is 69.6 Å². The summed E-state index contributed by atoms with van der Waals surface area (Å²) in [4.78, 5) is 23.1. The first-order valence-electron chi connectivity index (χ1n) is 4.84. The molecule has 0 saturated carbocycles. The van der Waals surface area contributed by atoms with E-state index in [9.17, 15) is 14.0 Å². The van der Waals surface area contributed by atoms with E-state index in [-0.39, 0.29) is 0 Å². The number of nitrogens with one attached hydrogen (secondary N) is 1. The van der Waals surface area contributed by atoms with Gasteiger partial charge in [0.15, 0.2) is 0 Å². The van der Waals surface area contributed by atoms with Crippen molar-refractivity contribution in [3.63, 3.8) is 0 Å². The Balaban J connectivity index is 2.28. The van der Waals surface area contributed by atoms with Gasteiger partial charge in [-0.25, -0.2) is 14.1 Å². The highest BCUT2D eigenvalue weighted by Gasteiger charge is 2.30. The maximum Gasteiger partial charge on any atom is 0.418 e. The van der Waals surface area contributed by atoms with Crippen molar-refractivity contribution in [1.29, 1.82) is 0 Å². The van der Waals surface area contributed by atoms with Crippen LogP contribution < -0.4 is 5.32 Å². The molecule has 1 aliphatic rings. The van der Waals surface area contributed by atoms with Crippen molar-refractivity contribution in [2.45, 2.75) is 6.04 Å². The van der Waals surface area contributed by atoms with Crippen LogP contribution in [0.2, 0.25) is 0 Å². The molecule has 6 heteroatoms. The minimum Gasteiger partial charge on any atom is -0.464 e. The summed E-state index contributed by atoms with van der Waals surface area (Å²) in [5.74, 6) is -1.03. The van der Waals surface area contributed by atoms with Crippen LogP contribution in [0.4, 0.5) is 9.18 Å². The van der Waals surface area contributed by atoms with Gasteiger partial charge >= 0.3 is 6.09 Å². The van der Waals surface area contributed by atoms with Crippen LogP contribution in [0, 0.1) is 5.82 Å². The van der Waals surface area contributed by atoms with Crippen molar-refractivity contribution in [3.8, 4) is 0 Å². The van der Waals surface area contributed by atoms with E-state index in [2.05, 4.69) is 5.32 Å². The van der Waals surface area contributed by atoms with E-state index in [0.29, 0.717) is 10.5 Å². The number of carboxylic acid groups (broad SMARTS) is 1. The first kappa shape index (κ1) is 11.1. The number of amides is 2. The molecule has 2 rings (SSSR count). The van der Waals surface area contributed by atoms with Gasteiger partial charge in [-0.15, -0.1) is 0 Å². The lowest BCUT2D eigenvalue weighted by Gasteiger charge is -2.25. The molecule has 17 heavy (non-hydrogen) atoms. The highest BCUT2D eigenvalue weighted by molar-refractivity contribution is 5.96. The van der Waals surface area contributed by atoms with Crippen molar-refractivity contribution >= 4 is 12.0 Å². The predicted molar refractivity (Wildman–Crippen MR) is 56.3 cm³/mol. The van der Waals surface area contributed by atoms with E-state index in [4.69, 9.17) is 5.11 Å². The zero-order valence-electron chi connectivity index (χ0n) is 8.63. The monoisotopic (exact) mass is 236 g/mol. The van der Waals surface area contributed by atoms with E-state index < -0.39 is 23.9 Å². The van der Waals surface area contributed by atoms with E-state index in [0.717, 1.165) is 6.20 Å². The predicted octanol–water partition coefficient (Wildman–Crippen LogP) is 1.45. The average molecular weight is 236 g/mol. The second-order valence-electron chi connectivity index (χ2n) is 3.46. The third-order valence-electron chi connectivity index (χ3n) is 2.38. The molecule has 0 saturated heterocycles. The molecule has 5 nitrogen and oxygen atoms in total. The van der Waals surface area contributed by atoms with Gasteiger partial charge in [0.25, 0.3) is 5.91 Å². The van der Waals surface area contributed by atoms with E-state index in [1.54, 1.807) is 0 Å². The fourth-order valence-electron chi connectivity index (χ4n) is 1.55. The second-order valence-corrected chi connectivity index (χ2v) is 3.46. The highest BCUT2D eigenvalue weighted by atomic mass is 19.1. The largest absolute Gasteiger partial charge is 0.464 e. The number of rotatable bonds is 1. The molecule has 1 aromatic rings. The zero-order valence-corrected chi connectivity index (χ0v) is 8.63. The number of nitrogens with zero attached hydrogens (tertiary/aromatic N) is 1. The van der Waals surface area contributed by atoms with Gasteiger partial charge in [0, 0.05) is 12.4 Å².